The van der Waals surface area contributed by atoms with E-state index in [-0.39, 0.29) is 5.92 Å². The van der Waals surface area contributed by atoms with Crippen LogP contribution >= 0.6 is 0 Å². The van der Waals surface area contributed by atoms with Gasteiger partial charge < -0.3 is 8.98 Å². The zero-order valence-electron chi connectivity index (χ0n) is 26.0. The molecule has 1 aliphatic carbocycles. The molecule has 0 amide bonds. The zero-order chi connectivity index (χ0) is 31.6. The molecule has 4 heteroatoms. The number of fused-ring (bicyclic) bond motifs is 7. The summed E-state index contributed by atoms with van der Waals surface area (Å²) in [5, 5.41) is 5.81. The van der Waals surface area contributed by atoms with Gasteiger partial charge in [0.2, 0.25) is 0 Å². The number of rotatable bonds is 4. The molecule has 3 heterocycles. The van der Waals surface area contributed by atoms with Crippen molar-refractivity contribution in [3.63, 3.8) is 0 Å². The maximum Gasteiger partial charge on any atom is 0.143 e. The third-order valence-electron chi connectivity index (χ3n) is 9.73. The minimum Gasteiger partial charge on any atom is -0.455 e. The highest BCUT2D eigenvalue weighted by atomic mass is 16.3. The molecule has 48 heavy (non-hydrogen) atoms. The average molecular weight is 616 g/mol. The van der Waals surface area contributed by atoms with E-state index in [9.17, 15) is 0 Å². The van der Waals surface area contributed by atoms with Gasteiger partial charge in [0.05, 0.1) is 22.2 Å². The number of para-hydroxylation sites is 4. The van der Waals surface area contributed by atoms with Gasteiger partial charge in [-0.2, -0.15) is 0 Å². The Hall–Kier alpha value is -6.26. The molecule has 0 saturated carbocycles. The van der Waals surface area contributed by atoms with Gasteiger partial charge in [0.25, 0.3) is 0 Å². The first-order chi connectivity index (χ1) is 23.8. The normalized spacial score (nSPS) is 14.8. The van der Waals surface area contributed by atoms with Gasteiger partial charge in [-0.25, -0.2) is 9.97 Å². The summed E-state index contributed by atoms with van der Waals surface area (Å²) in [6.07, 6.45) is 7.66. The second-order valence-electron chi connectivity index (χ2n) is 12.5. The molecule has 0 bridgehead atoms. The number of allylic oxidation sites excluding steroid dienone is 4. The minimum atomic E-state index is 0.0878. The fourth-order valence-corrected chi connectivity index (χ4v) is 7.44. The molecule has 3 aromatic heterocycles. The second-order valence-corrected chi connectivity index (χ2v) is 12.5. The Morgan fingerprint density at radius 1 is 0.583 bits per heavy atom. The number of nitrogens with zero attached hydrogens (tertiary/aromatic N) is 3. The molecule has 1 aliphatic rings. The first-order valence-electron chi connectivity index (χ1n) is 16.4. The van der Waals surface area contributed by atoms with E-state index in [1.54, 1.807) is 0 Å². The van der Waals surface area contributed by atoms with Gasteiger partial charge in [-0.05, 0) is 48.4 Å². The molecular weight excluding hydrogens is 587 g/mol. The predicted octanol–water partition coefficient (Wildman–Crippen LogP) is 11.6. The average Bonchev–Trinajstić information content (AvgIpc) is 3.70. The van der Waals surface area contributed by atoms with Gasteiger partial charge in [0.15, 0.2) is 0 Å². The van der Waals surface area contributed by atoms with E-state index < -0.39 is 0 Å². The fraction of sp³-hybridized carbons (Fsp3) is 0.0455. The fourth-order valence-electron chi connectivity index (χ4n) is 7.44. The summed E-state index contributed by atoms with van der Waals surface area (Å²) in [4.78, 5) is 10.2. The molecule has 0 spiro atoms. The van der Waals surface area contributed by atoms with Crippen molar-refractivity contribution in [2.45, 2.75) is 12.3 Å². The third kappa shape index (κ3) is 4.16. The van der Waals surface area contributed by atoms with E-state index in [1.165, 1.54) is 21.8 Å². The van der Waals surface area contributed by atoms with E-state index in [4.69, 9.17) is 14.4 Å². The maximum absolute atomic E-state index is 6.41. The summed E-state index contributed by atoms with van der Waals surface area (Å²) < 4.78 is 8.80. The molecule has 0 radical (unpaired) electrons. The third-order valence-corrected chi connectivity index (χ3v) is 9.73. The molecule has 1 atom stereocenters. The molecular formula is C44H29N3O. The van der Waals surface area contributed by atoms with Gasteiger partial charge in [-0.15, -0.1) is 0 Å². The Labute approximate surface area is 276 Å². The first-order valence-corrected chi connectivity index (χ1v) is 16.4. The summed E-state index contributed by atoms with van der Waals surface area (Å²) in [7, 11) is 0. The van der Waals surface area contributed by atoms with E-state index in [0.29, 0.717) is 0 Å². The van der Waals surface area contributed by atoms with E-state index in [0.717, 1.165) is 73.2 Å². The highest BCUT2D eigenvalue weighted by Gasteiger charge is 2.21. The number of aromatic nitrogens is 3. The van der Waals surface area contributed by atoms with Crippen LogP contribution in [0.2, 0.25) is 0 Å². The Kier molecular flexibility index (Phi) is 5.97. The summed E-state index contributed by atoms with van der Waals surface area (Å²) in [6.45, 7) is 0. The Balaban J connectivity index is 1.06. The number of furan rings is 1. The summed E-state index contributed by atoms with van der Waals surface area (Å²) in [5.41, 5.74) is 10.7. The van der Waals surface area contributed by atoms with Crippen LogP contribution in [0, 0.1) is 0 Å². The predicted molar refractivity (Wildman–Crippen MR) is 198 cm³/mol. The topological polar surface area (TPSA) is 43.9 Å². The molecule has 0 saturated heterocycles. The van der Waals surface area contributed by atoms with Crippen molar-refractivity contribution in [1.29, 1.82) is 0 Å². The van der Waals surface area contributed by atoms with Crippen LogP contribution in [-0.4, -0.2) is 14.5 Å². The van der Waals surface area contributed by atoms with Crippen molar-refractivity contribution in [2.75, 3.05) is 0 Å². The van der Waals surface area contributed by atoms with Crippen LogP contribution in [0.25, 0.3) is 82.7 Å². The van der Waals surface area contributed by atoms with Crippen LogP contribution in [0.3, 0.4) is 0 Å². The van der Waals surface area contributed by atoms with Crippen LogP contribution < -0.4 is 0 Å². The summed E-state index contributed by atoms with van der Waals surface area (Å²) >= 11 is 0. The lowest BCUT2D eigenvalue weighted by atomic mass is 9.97. The van der Waals surface area contributed by atoms with Gasteiger partial charge in [0, 0.05) is 49.7 Å². The van der Waals surface area contributed by atoms with Crippen molar-refractivity contribution < 1.29 is 4.42 Å². The number of hydrogen-bond donors (Lipinski definition) is 0. The number of benzene rings is 6. The Morgan fingerprint density at radius 3 is 2.21 bits per heavy atom. The summed E-state index contributed by atoms with van der Waals surface area (Å²) in [6, 6.07) is 48.9. The van der Waals surface area contributed by atoms with Crippen molar-refractivity contribution in [1.82, 2.24) is 14.5 Å². The minimum absolute atomic E-state index is 0.0878. The van der Waals surface area contributed by atoms with Crippen molar-refractivity contribution in [3.05, 3.63) is 164 Å². The lowest BCUT2D eigenvalue weighted by Gasteiger charge is -2.19. The molecule has 6 aromatic carbocycles. The number of hydrogen-bond acceptors (Lipinski definition) is 3. The van der Waals surface area contributed by atoms with Crippen LogP contribution in [-0.2, 0) is 0 Å². The van der Waals surface area contributed by atoms with Gasteiger partial charge >= 0.3 is 0 Å². The highest BCUT2D eigenvalue weighted by molar-refractivity contribution is 6.14. The smallest absolute Gasteiger partial charge is 0.143 e. The molecule has 4 nitrogen and oxygen atoms in total. The second kappa shape index (κ2) is 10.6. The van der Waals surface area contributed by atoms with Gasteiger partial charge in [-0.3, -0.25) is 0 Å². The maximum atomic E-state index is 6.41. The van der Waals surface area contributed by atoms with E-state index >= 15 is 0 Å². The lowest BCUT2D eigenvalue weighted by Crippen LogP contribution is -2.07. The van der Waals surface area contributed by atoms with Gasteiger partial charge in [-0.1, -0.05) is 121 Å². The van der Waals surface area contributed by atoms with Crippen molar-refractivity contribution in [3.8, 4) is 22.4 Å². The molecule has 226 valence electrons. The summed E-state index contributed by atoms with van der Waals surface area (Å²) in [5.74, 6) is 0.940. The molecule has 1 unspecified atom stereocenters. The van der Waals surface area contributed by atoms with Crippen molar-refractivity contribution in [2.24, 2.45) is 0 Å². The first kappa shape index (κ1) is 26.9. The SMILES string of the molecule is C1=CC(c2nc(-c3ccccc3)c3ccccc3n2)CC=C1n1c2ccccc2c2cc(-c3cccc4c3oc3ccccc34)ccc21. The highest BCUT2D eigenvalue weighted by Crippen LogP contribution is 2.40. The Bertz CT molecular complexity index is 2760. The van der Waals surface area contributed by atoms with Crippen LogP contribution in [0.5, 0.6) is 0 Å². The largest absolute Gasteiger partial charge is 0.455 e. The molecule has 10 rings (SSSR count). The molecule has 0 fully saturated rings. The van der Waals surface area contributed by atoms with E-state index in [1.807, 2.05) is 24.3 Å². The van der Waals surface area contributed by atoms with E-state index in [2.05, 4.69) is 138 Å². The zero-order valence-corrected chi connectivity index (χ0v) is 26.0. The van der Waals surface area contributed by atoms with Crippen LogP contribution in [0.15, 0.2) is 162 Å². The molecule has 0 aliphatic heterocycles. The Morgan fingerprint density at radius 2 is 1.33 bits per heavy atom. The lowest BCUT2D eigenvalue weighted by molar-refractivity contribution is 0.670. The van der Waals surface area contributed by atoms with Crippen LogP contribution in [0.4, 0.5) is 0 Å². The van der Waals surface area contributed by atoms with Crippen LogP contribution in [0.1, 0.15) is 18.2 Å². The quantitative estimate of drug-likeness (QED) is 0.198. The monoisotopic (exact) mass is 615 g/mol. The van der Waals surface area contributed by atoms with Gasteiger partial charge in [0.1, 0.15) is 17.0 Å². The standard InChI is InChI=1S/C44H29N3O/c1-2-11-28(12-3-1)42-36-15-4-7-18-38(36)45-44(46-42)29-21-24-31(25-22-29)47-39-19-8-5-13-33(39)37-27-30(23-26-40(37)47)32-16-10-17-35-34-14-6-9-20-41(34)48-43(32)35/h1-21,23-27,29H,22H2. The molecule has 0 N–H and O–H groups in total. The van der Waals surface area contributed by atoms with Crippen molar-refractivity contribution >= 4 is 60.3 Å². The molecule has 9 aromatic rings.